The first-order valence-corrected chi connectivity index (χ1v) is 8.35. The average molecular weight is 365 g/mol. The molecule has 0 radical (unpaired) electrons. The van der Waals surface area contributed by atoms with E-state index in [0.29, 0.717) is 29.2 Å². The van der Waals surface area contributed by atoms with Gasteiger partial charge in [-0.3, -0.25) is 14.9 Å². The normalized spacial score (nSPS) is 10.8. The number of aryl methyl sites for hydroxylation is 1. The summed E-state index contributed by atoms with van der Waals surface area (Å²) in [6, 6.07) is 13.0. The van der Waals surface area contributed by atoms with Crippen molar-refractivity contribution in [2.45, 2.75) is 20.3 Å². The first-order chi connectivity index (χ1) is 12.9. The zero-order chi connectivity index (χ0) is 19.8. The number of ether oxygens (including phenoxy) is 1. The van der Waals surface area contributed by atoms with E-state index in [2.05, 4.69) is 5.32 Å². The Morgan fingerprint density at radius 1 is 1.30 bits per heavy atom. The molecule has 2 aromatic rings. The number of hydrogen-bond donors (Lipinski definition) is 1. The third kappa shape index (κ3) is 5.41. The van der Waals surface area contributed by atoms with Crippen molar-refractivity contribution in [1.29, 1.82) is 5.26 Å². The summed E-state index contributed by atoms with van der Waals surface area (Å²) in [6.45, 7) is 4.34. The number of nitrogens with zero attached hydrogens (tertiary/aromatic N) is 2. The second-order valence-corrected chi connectivity index (χ2v) is 5.80. The van der Waals surface area contributed by atoms with Gasteiger partial charge in [-0.1, -0.05) is 25.1 Å². The van der Waals surface area contributed by atoms with Gasteiger partial charge in [-0.15, -0.1) is 0 Å². The molecule has 0 aliphatic carbocycles. The molecule has 2 aromatic carbocycles. The lowest BCUT2D eigenvalue weighted by Crippen LogP contribution is -2.14. The molecule has 0 saturated carbocycles. The van der Waals surface area contributed by atoms with E-state index in [0.717, 1.165) is 6.42 Å². The molecule has 0 aliphatic heterocycles. The standard InChI is InChI=1S/C20H19N3O4/c1-3-10-27-18-8-5-15(6-9-18)11-16(13-21)20(24)22-19-12-17(23(25)26)7-4-14(19)2/h4-9,11-12H,3,10H2,1-2H3,(H,22,24)/b16-11+. The maximum Gasteiger partial charge on any atom is 0.271 e. The highest BCUT2D eigenvalue weighted by Gasteiger charge is 2.14. The minimum absolute atomic E-state index is 0.108. The summed E-state index contributed by atoms with van der Waals surface area (Å²) in [4.78, 5) is 22.7. The first-order valence-electron chi connectivity index (χ1n) is 8.35. The average Bonchev–Trinajstić information content (AvgIpc) is 2.66. The molecule has 1 amide bonds. The molecular weight excluding hydrogens is 346 g/mol. The molecule has 2 rings (SSSR count). The molecule has 0 aliphatic rings. The van der Waals surface area contributed by atoms with Crippen LogP contribution in [0.4, 0.5) is 11.4 Å². The van der Waals surface area contributed by atoms with Crippen molar-refractivity contribution in [3.8, 4) is 11.8 Å². The Kier molecular flexibility index (Phi) is 6.67. The Morgan fingerprint density at radius 2 is 2.00 bits per heavy atom. The summed E-state index contributed by atoms with van der Waals surface area (Å²) < 4.78 is 5.49. The van der Waals surface area contributed by atoms with Gasteiger partial charge in [0.05, 0.1) is 17.2 Å². The van der Waals surface area contributed by atoms with E-state index in [-0.39, 0.29) is 11.3 Å². The monoisotopic (exact) mass is 365 g/mol. The summed E-state index contributed by atoms with van der Waals surface area (Å²) in [7, 11) is 0. The lowest BCUT2D eigenvalue weighted by molar-refractivity contribution is -0.384. The van der Waals surface area contributed by atoms with Crippen molar-refractivity contribution in [3.63, 3.8) is 0 Å². The molecule has 0 unspecified atom stereocenters. The quantitative estimate of drug-likeness (QED) is 0.342. The molecule has 0 fully saturated rings. The van der Waals surface area contributed by atoms with E-state index in [4.69, 9.17) is 4.74 Å². The topological polar surface area (TPSA) is 105 Å². The molecule has 7 nitrogen and oxygen atoms in total. The number of carbonyl (C=O) groups is 1. The number of amides is 1. The molecule has 1 N–H and O–H groups in total. The largest absolute Gasteiger partial charge is 0.494 e. The maximum atomic E-state index is 12.4. The zero-order valence-corrected chi connectivity index (χ0v) is 15.1. The molecule has 0 saturated heterocycles. The molecule has 0 heterocycles. The zero-order valence-electron chi connectivity index (χ0n) is 15.1. The Balaban J connectivity index is 2.18. The summed E-state index contributed by atoms with van der Waals surface area (Å²) in [5, 5.41) is 22.8. The number of anilines is 1. The number of hydrogen-bond acceptors (Lipinski definition) is 5. The summed E-state index contributed by atoms with van der Waals surface area (Å²) in [5.41, 5.74) is 1.37. The van der Waals surface area contributed by atoms with Crippen molar-refractivity contribution >= 4 is 23.4 Å². The van der Waals surface area contributed by atoms with Crippen LogP contribution in [0.25, 0.3) is 6.08 Å². The molecule has 7 heteroatoms. The molecule has 0 aromatic heterocycles. The predicted molar refractivity (Wildman–Crippen MR) is 102 cm³/mol. The number of non-ortho nitro benzene ring substituents is 1. The third-order valence-electron chi connectivity index (χ3n) is 3.71. The highest BCUT2D eigenvalue weighted by Crippen LogP contribution is 2.23. The van der Waals surface area contributed by atoms with Crippen LogP contribution in [0.3, 0.4) is 0 Å². The van der Waals surface area contributed by atoms with Crippen molar-refractivity contribution < 1.29 is 14.5 Å². The molecular formula is C20H19N3O4. The van der Waals surface area contributed by atoms with Gasteiger partial charge in [0, 0.05) is 12.1 Å². The molecule has 138 valence electrons. The van der Waals surface area contributed by atoms with Gasteiger partial charge in [-0.2, -0.15) is 5.26 Å². The van der Waals surface area contributed by atoms with Crippen LogP contribution < -0.4 is 10.1 Å². The van der Waals surface area contributed by atoms with Crippen molar-refractivity contribution in [1.82, 2.24) is 0 Å². The van der Waals surface area contributed by atoms with Crippen molar-refractivity contribution in [2.75, 3.05) is 11.9 Å². The Bertz CT molecular complexity index is 912. The van der Waals surface area contributed by atoms with Crippen LogP contribution in [0.1, 0.15) is 24.5 Å². The van der Waals surface area contributed by atoms with E-state index in [1.807, 2.05) is 13.0 Å². The highest BCUT2D eigenvalue weighted by atomic mass is 16.6. The van der Waals surface area contributed by atoms with Crippen LogP contribution in [-0.2, 0) is 4.79 Å². The van der Waals surface area contributed by atoms with E-state index < -0.39 is 10.8 Å². The molecule has 27 heavy (non-hydrogen) atoms. The number of nitro groups is 1. The van der Waals surface area contributed by atoms with Crippen molar-refractivity contribution in [3.05, 3.63) is 69.3 Å². The van der Waals surface area contributed by atoms with E-state index >= 15 is 0 Å². The first kappa shape index (κ1) is 19.7. The Labute approximate surface area is 157 Å². The van der Waals surface area contributed by atoms with Crippen LogP contribution in [0, 0.1) is 28.4 Å². The molecule has 0 spiro atoms. The second kappa shape index (κ2) is 9.15. The predicted octanol–water partition coefficient (Wildman–Crippen LogP) is 4.24. The van der Waals surface area contributed by atoms with Gasteiger partial charge < -0.3 is 10.1 Å². The Hall–Kier alpha value is -3.66. The Morgan fingerprint density at radius 3 is 2.59 bits per heavy atom. The second-order valence-electron chi connectivity index (χ2n) is 5.80. The van der Waals surface area contributed by atoms with Gasteiger partial charge in [0.1, 0.15) is 17.4 Å². The number of rotatable bonds is 7. The number of nitriles is 1. The van der Waals surface area contributed by atoms with Crippen LogP contribution in [0.5, 0.6) is 5.75 Å². The van der Waals surface area contributed by atoms with Gasteiger partial charge in [-0.05, 0) is 42.7 Å². The van der Waals surface area contributed by atoms with E-state index in [9.17, 15) is 20.2 Å². The minimum atomic E-state index is -0.632. The SMILES string of the molecule is CCCOc1ccc(/C=C(\C#N)C(=O)Nc2cc([N+](=O)[O-])ccc2C)cc1. The van der Waals surface area contributed by atoms with Crippen LogP contribution in [0.2, 0.25) is 0 Å². The minimum Gasteiger partial charge on any atom is -0.494 e. The lowest BCUT2D eigenvalue weighted by Gasteiger charge is -2.08. The summed E-state index contributed by atoms with van der Waals surface area (Å²) in [5.74, 6) is 0.0802. The third-order valence-corrected chi connectivity index (χ3v) is 3.71. The maximum absolute atomic E-state index is 12.4. The highest BCUT2D eigenvalue weighted by molar-refractivity contribution is 6.10. The summed E-state index contributed by atoms with van der Waals surface area (Å²) in [6.07, 6.45) is 2.35. The van der Waals surface area contributed by atoms with Crippen LogP contribution in [0.15, 0.2) is 48.0 Å². The fourth-order valence-corrected chi connectivity index (χ4v) is 2.24. The molecule has 0 atom stereocenters. The number of carbonyl (C=O) groups excluding carboxylic acids is 1. The van der Waals surface area contributed by atoms with E-state index in [1.54, 1.807) is 37.3 Å². The fraction of sp³-hybridized carbons (Fsp3) is 0.200. The van der Waals surface area contributed by atoms with Gasteiger partial charge in [0.2, 0.25) is 0 Å². The lowest BCUT2D eigenvalue weighted by atomic mass is 10.1. The number of benzene rings is 2. The van der Waals surface area contributed by atoms with E-state index in [1.165, 1.54) is 18.2 Å². The number of nitrogens with one attached hydrogen (secondary N) is 1. The van der Waals surface area contributed by atoms with Crippen LogP contribution in [-0.4, -0.2) is 17.4 Å². The van der Waals surface area contributed by atoms with Gasteiger partial charge in [0.15, 0.2) is 0 Å². The van der Waals surface area contributed by atoms with Gasteiger partial charge >= 0.3 is 0 Å². The fourth-order valence-electron chi connectivity index (χ4n) is 2.24. The smallest absolute Gasteiger partial charge is 0.271 e. The van der Waals surface area contributed by atoms with Gasteiger partial charge in [-0.25, -0.2) is 0 Å². The van der Waals surface area contributed by atoms with Crippen molar-refractivity contribution in [2.24, 2.45) is 0 Å². The summed E-state index contributed by atoms with van der Waals surface area (Å²) >= 11 is 0. The van der Waals surface area contributed by atoms with Gasteiger partial charge in [0.25, 0.3) is 11.6 Å². The van der Waals surface area contributed by atoms with Crippen LogP contribution >= 0.6 is 0 Å². The number of nitro benzene ring substituents is 1. The molecule has 0 bridgehead atoms.